The fraction of sp³-hybridized carbons (Fsp3) is 0.500. The summed E-state index contributed by atoms with van der Waals surface area (Å²) in [6.45, 7) is 10.9. The van der Waals surface area contributed by atoms with Crippen molar-refractivity contribution in [2.24, 2.45) is 0 Å². The van der Waals surface area contributed by atoms with Crippen LogP contribution >= 0.6 is 22.7 Å². The number of hydrogen-bond donors (Lipinski definition) is 1. The highest BCUT2D eigenvalue weighted by Crippen LogP contribution is 2.15. The van der Waals surface area contributed by atoms with Crippen LogP contribution in [0.3, 0.4) is 0 Å². The number of nitrogens with one attached hydrogen (secondary N) is 1. The standard InChI is InChI=1S/C16H24N2S2/c1-13(2)18(12-15-5-4-9-19-15)8-7-17-11-16-14(3)6-10-20-16/h4-6,9-10,13,17H,7-8,11-12H2,1-3H3. The van der Waals surface area contributed by atoms with Crippen molar-refractivity contribution in [1.82, 2.24) is 10.2 Å². The Morgan fingerprint density at radius 3 is 2.65 bits per heavy atom. The second-order valence-electron chi connectivity index (χ2n) is 5.35. The molecule has 110 valence electrons. The van der Waals surface area contributed by atoms with Gasteiger partial charge in [0.2, 0.25) is 0 Å². The zero-order valence-corrected chi connectivity index (χ0v) is 14.2. The highest BCUT2D eigenvalue weighted by Gasteiger charge is 2.10. The second-order valence-corrected chi connectivity index (χ2v) is 7.38. The monoisotopic (exact) mass is 308 g/mol. The van der Waals surface area contributed by atoms with E-state index in [0.717, 1.165) is 26.2 Å². The smallest absolute Gasteiger partial charge is 0.0331 e. The van der Waals surface area contributed by atoms with Crippen molar-refractivity contribution >= 4 is 22.7 Å². The van der Waals surface area contributed by atoms with Crippen LogP contribution in [0.5, 0.6) is 0 Å². The lowest BCUT2D eigenvalue weighted by molar-refractivity contribution is 0.215. The fourth-order valence-corrected chi connectivity index (χ4v) is 3.74. The average molecular weight is 309 g/mol. The molecular formula is C16H24N2S2. The first-order valence-corrected chi connectivity index (χ1v) is 8.93. The van der Waals surface area contributed by atoms with E-state index in [-0.39, 0.29) is 0 Å². The van der Waals surface area contributed by atoms with Crippen LogP contribution in [0.4, 0.5) is 0 Å². The molecule has 0 fully saturated rings. The van der Waals surface area contributed by atoms with Gasteiger partial charge in [0.15, 0.2) is 0 Å². The van der Waals surface area contributed by atoms with Gasteiger partial charge in [-0.05, 0) is 49.2 Å². The summed E-state index contributed by atoms with van der Waals surface area (Å²) in [7, 11) is 0. The Kier molecular flexibility index (Phi) is 6.23. The minimum Gasteiger partial charge on any atom is -0.311 e. The van der Waals surface area contributed by atoms with Gasteiger partial charge in [-0.25, -0.2) is 0 Å². The van der Waals surface area contributed by atoms with Gasteiger partial charge in [0.1, 0.15) is 0 Å². The van der Waals surface area contributed by atoms with Gasteiger partial charge in [0, 0.05) is 42.0 Å². The quantitative estimate of drug-likeness (QED) is 0.738. The first kappa shape index (κ1) is 15.7. The molecule has 20 heavy (non-hydrogen) atoms. The minimum atomic E-state index is 0.586. The summed E-state index contributed by atoms with van der Waals surface area (Å²) in [6, 6.07) is 7.14. The van der Waals surface area contributed by atoms with Crippen LogP contribution < -0.4 is 5.32 Å². The molecular weight excluding hydrogens is 284 g/mol. The molecule has 2 aromatic heterocycles. The highest BCUT2D eigenvalue weighted by molar-refractivity contribution is 7.10. The largest absolute Gasteiger partial charge is 0.311 e. The third-order valence-electron chi connectivity index (χ3n) is 3.50. The lowest BCUT2D eigenvalue weighted by Crippen LogP contribution is -2.36. The molecule has 0 atom stereocenters. The summed E-state index contributed by atoms with van der Waals surface area (Å²) in [5.41, 5.74) is 1.40. The Hall–Kier alpha value is -0.680. The molecule has 0 saturated carbocycles. The minimum absolute atomic E-state index is 0.586. The molecule has 0 aliphatic heterocycles. The van der Waals surface area contributed by atoms with Gasteiger partial charge in [-0.3, -0.25) is 4.90 Å². The van der Waals surface area contributed by atoms with Crippen LogP contribution in [-0.2, 0) is 13.1 Å². The average Bonchev–Trinajstić information content (AvgIpc) is 3.05. The van der Waals surface area contributed by atoms with Crippen molar-refractivity contribution in [3.8, 4) is 0 Å². The fourth-order valence-electron chi connectivity index (χ4n) is 2.13. The summed E-state index contributed by atoms with van der Waals surface area (Å²) >= 11 is 3.69. The number of rotatable bonds is 8. The number of aryl methyl sites for hydroxylation is 1. The maximum absolute atomic E-state index is 3.57. The molecule has 0 amide bonds. The van der Waals surface area contributed by atoms with Crippen molar-refractivity contribution < 1.29 is 0 Å². The van der Waals surface area contributed by atoms with Crippen molar-refractivity contribution in [2.45, 2.75) is 39.9 Å². The molecule has 0 radical (unpaired) electrons. The van der Waals surface area contributed by atoms with Crippen molar-refractivity contribution in [3.63, 3.8) is 0 Å². The van der Waals surface area contributed by atoms with E-state index in [0.29, 0.717) is 6.04 Å². The highest BCUT2D eigenvalue weighted by atomic mass is 32.1. The first-order chi connectivity index (χ1) is 9.66. The molecule has 2 nitrogen and oxygen atoms in total. The Balaban J connectivity index is 1.74. The molecule has 0 aliphatic carbocycles. The molecule has 4 heteroatoms. The van der Waals surface area contributed by atoms with Crippen LogP contribution in [0, 0.1) is 6.92 Å². The summed E-state index contributed by atoms with van der Waals surface area (Å²) in [5.74, 6) is 0. The molecule has 0 aliphatic rings. The molecule has 0 saturated heterocycles. The Morgan fingerprint density at radius 1 is 1.20 bits per heavy atom. The molecule has 0 unspecified atom stereocenters. The van der Waals surface area contributed by atoms with Gasteiger partial charge in [-0.2, -0.15) is 0 Å². The summed E-state index contributed by atoms with van der Waals surface area (Å²) in [4.78, 5) is 5.44. The molecule has 2 heterocycles. The van der Waals surface area contributed by atoms with E-state index in [9.17, 15) is 0 Å². The van der Waals surface area contributed by atoms with E-state index in [1.807, 2.05) is 22.7 Å². The molecule has 0 aromatic carbocycles. The predicted octanol–water partition coefficient (Wildman–Crippen LogP) is 4.12. The topological polar surface area (TPSA) is 15.3 Å². The van der Waals surface area contributed by atoms with E-state index in [2.05, 4.69) is 59.9 Å². The van der Waals surface area contributed by atoms with Gasteiger partial charge >= 0.3 is 0 Å². The van der Waals surface area contributed by atoms with E-state index < -0.39 is 0 Å². The van der Waals surface area contributed by atoms with Gasteiger partial charge in [0.05, 0.1) is 0 Å². The van der Waals surface area contributed by atoms with Crippen LogP contribution in [0.15, 0.2) is 29.0 Å². The normalized spacial score (nSPS) is 11.7. The number of nitrogens with zero attached hydrogens (tertiary/aromatic N) is 1. The van der Waals surface area contributed by atoms with Crippen LogP contribution in [0.25, 0.3) is 0 Å². The molecule has 1 N–H and O–H groups in total. The van der Waals surface area contributed by atoms with E-state index in [1.165, 1.54) is 15.3 Å². The maximum atomic E-state index is 3.57. The van der Waals surface area contributed by atoms with E-state index >= 15 is 0 Å². The van der Waals surface area contributed by atoms with Crippen LogP contribution in [0.1, 0.15) is 29.2 Å². The number of thiophene rings is 2. The summed E-state index contributed by atoms with van der Waals surface area (Å²) < 4.78 is 0. The van der Waals surface area contributed by atoms with Gasteiger partial charge in [0.25, 0.3) is 0 Å². The van der Waals surface area contributed by atoms with Crippen molar-refractivity contribution in [3.05, 3.63) is 44.3 Å². The first-order valence-electron chi connectivity index (χ1n) is 7.17. The number of hydrogen-bond acceptors (Lipinski definition) is 4. The Bertz CT molecular complexity index is 488. The Morgan fingerprint density at radius 2 is 2.05 bits per heavy atom. The molecule has 2 rings (SSSR count). The summed E-state index contributed by atoms with van der Waals surface area (Å²) in [5, 5.41) is 7.89. The van der Waals surface area contributed by atoms with Gasteiger partial charge in [-0.1, -0.05) is 6.07 Å². The zero-order valence-electron chi connectivity index (χ0n) is 12.6. The lowest BCUT2D eigenvalue weighted by Gasteiger charge is -2.26. The lowest BCUT2D eigenvalue weighted by atomic mass is 10.3. The predicted molar refractivity (Wildman–Crippen MR) is 90.6 cm³/mol. The third-order valence-corrected chi connectivity index (χ3v) is 5.38. The Labute approximate surface area is 130 Å². The molecule has 0 bridgehead atoms. The molecule has 2 aromatic rings. The van der Waals surface area contributed by atoms with E-state index in [4.69, 9.17) is 0 Å². The van der Waals surface area contributed by atoms with Crippen molar-refractivity contribution in [1.29, 1.82) is 0 Å². The SMILES string of the molecule is Cc1ccsc1CNCCN(Cc1cccs1)C(C)C. The van der Waals surface area contributed by atoms with Crippen LogP contribution in [0.2, 0.25) is 0 Å². The zero-order chi connectivity index (χ0) is 14.4. The maximum Gasteiger partial charge on any atom is 0.0331 e. The summed E-state index contributed by atoms with van der Waals surface area (Å²) in [6.07, 6.45) is 0. The molecule has 0 spiro atoms. The van der Waals surface area contributed by atoms with Gasteiger partial charge < -0.3 is 5.32 Å². The van der Waals surface area contributed by atoms with Crippen molar-refractivity contribution in [2.75, 3.05) is 13.1 Å². The van der Waals surface area contributed by atoms with E-state index in [1.54, 1.807) is 0 Å². The van der Waals surface area contributed by atoms with Gasteiger partial charge in [-0.15, -0.1) is 22.7 Å². The second kappa shape index (κ2) is 7.93. The third kappa shape index (κ3) is 4.70. The van der Waals surface area contributed by atoms with Crippen LogP contribution in [-0.4, -0.2) is 24.0 Å².